The summed E-state index contributed by atoms with van der Waals surface area (Å²) >= 11 is 0. The summed E-state index contributed by atoms with van der Waals surface area (Å²) in [5.74, 6) is 1.12. The van der Waals surface area contributed by atoms with E-state index < -0.39 is 6.09 Å². The third kappa shape index (κ3) is 4.24. The topological polar surface area (TPSA) is 95.0 Å². The molecule has 2 saturated heterocycles. The molecule has 1 aromatic heterocycles. The number of likely N-dealkylation sites (tertiary alicyclic amines) is 1. The quantitative estimate of drug-likeness (QED) is 0.784. The molecule has 4 rings (SSSR count). The van der Waals surface area contributed by atoms with Gasteiger partial charge in [-0.3, -0.25) is 10.1 Å². The zero-order valence-corrected chi connectivity index (χ0v) is 17.7. The number of hydrogen-bond acceptors (Lipinski definition) is 6. The molecule has 0 bridgehead atoms. The molecule has 0 radical (unpaired) electrons. The molecule has 2 amide bonds. The number of ether oxygens (including phenoxy) is 1. The van der Waals surface area contributed by atoms with Crippen LogP contribution in [0.25, 0.3) is 0 Å². The molecule has 2 N–H and O–H groups in total. The third-order valence-electron chi connectivity index (χ3n) is 6.82. The van der Waals surface area contributed by atoms with Crippen LogP contribution in [-0.2, 0) is 9.53 Å². The van der Waals surface area contributed by atoms with Gasteiger partial charge in [0.1, 0.15) is 5.82 Å². The van der Waals surface area contributed by atoms with Crippen LogP contribution in [0.1, 0.15) is 51.9 Å². The van der Waals surface area contributed by atoms with Crippen LogP contribution in [0.5, 0.6) is 0 Å². The lowest BCUT2D eigenvalue weighted by Crippen LogP contribution is -2.50. The number of rotatable bonds is 4. The van der Waals surface area contributed by atoms with Gasteiger partial charge in [-0.1, -0.05) is 0 Å². The Balaban J connectivity index is 1.40. The van der Waals surface area contributed by atoms with Gasteiger partial charge in [0.25, 0.3) is 0 Å². The molecule has 1 saturated carbocycles. The highest BCUT2D eigenvalue weighted by Crippen LogP contribution is 2.43. The molecule has 8 nitrogen and oxygen atoms in total. The summed E-state index contributed by atoms with van der Waals surface area (Å²) in [4.78, 5) is 33.8. The van der Waals surface area contributed by atoms with Crippen LogP contribution in [0.4, 0.5) is 16.3 Å². The van der Waals surface area contributed by atoms with Gasteiger partial charge in [0.05, 0.1) is 30.0 Å². The van der Waals surface area contributed by atoms with Gasteiger partial charge in [-0.2, -0.15) is 0 Å². The molecule has 3 heterocycles. The first-order chi connectivity index (χ1) is 14.5. The number of aliphatic hydroxyl groups is 1. The fourth-order valence-electron chi connectivity index (χ4n) is 5.20. The number of pyridine rings is 1. The second-order valence-electron chi connectivity index (χ2n) is 8.77. The summed E-state index contributed by atoms with van der Waals surface area (Å²) < 4.78 is 4.89. The monoisotopic (exact) mass is 416 g/mol. The van der Waals surface area contributed by atoms with E-state index in [0.29, 0.717) is 18.8 Å². The zero-order chi connectivity index (χ0) is 21.1. The van der Waals surface area contributed by atoms with Crippen molar-refractivity contribution < 1.29 is 19.4 Å². The smallest absolute Gasteiger partial charge is 0.411 e. The molecule has 30 heavy (non-hydrogen) atoms. The van der Waals surface area contributed by atoms with E-state index in [-0.39, 0.29) is 23.5 Å². The molecule has 1 spiro atoms. The average Bonchev–Trinajstić information content (AvgIpc) is 3.05. The van der Waals surface area contributed by atoms with Gasteiger partial charge in [-0.25, -0.2) is 9.78 Å². The summed E-state index contributed by atoms with van der Waals surface area (Å²) in [6, 6.07) is 3.98. The summed E-state index contributed by atoms with van der Waals surface area (Å²) in [7, 11) is 0. The fraction of sp³-hybridized carbons (Fsp3) is 0.682. The summed E-state index contributed by atoms with van der Waals surface area (Å²) in [6.45, 7) is 4.47. The predicted molar refractivity (Wildman–Crippen MR) is 113 cm³/mol. The zero-order valence-electron chi connectivity index (χ0n) is 17.7. The van der Waals surface area contributed by atoms with Crippen molar-refractivity contribution in [1.82, 2.24) is 9.88 Å². The first-order valence-corrected chi connectivity index (χ1v) is 11.1. The van der Waals surface area contributed by atoms with Crippen molar-refractivity contribution >= 4 is 23.5 Å². The summed E-state index contributed by atoms with van der Waals surface area (Å²) in [5, 5.41) is 12.4. The minimum atomic E-state index is -0.490. The predicted octanol–water partition coefficient (Wildman–Crippen LogP) is 2.77. The highest BCUT2D eigenvalue weighted by atomic mass is 16.5. The standard InChI is InChI=1S/C22H32N4O4/c1-2-30-21(29)24-16-4-9-19(23-14-16)25-12-3-10-22(15-25)11-13-26(20(22)28)17-5-7-18(27)8-6-17/h4,9,14,17-18,27H,2-3,5-8,10-13,15H2,1H3,(H,24,29)/t17?,18?,22-/m0/s1. The van der Waals surface area contributed by atoms with E-state index in [1.807, 2.05) is 12.1 Å². The lowest BCUT2D eigenvalue weighted by Gasteiger charge is -2.41. The lowest BCUT2D eigenvalue weighted by atomic mass is 9.78. The van der Waals surface area contributed by atoms with Crippen molar-refractivity contribution in [1.29, 1.82) is 0 Å². The van der Waals surface area contributed by atoms with E-state index in [1.54, 1.807) is 13.1 Å². The van der Waals surface area contributed by atoms with E-state index in [0.717, 1.165) is 63.9 Å². The molecule has 1 aromatic rings. The van der Waals surface area contributed by atoms with Gasteiger partial charge in [-0.05, 0) is 64.0 Å². The number of carbonyl (C=O) groups is 2. The highest BCUT2D eigenvalue weighted by molar-refractivity contribution is 5.86. The SMILES string of the molecule is CCOC(=O)Nc1ccc(N2CCC[C@]3(CCN(C4CCC(O)CC4)C3=O)C2)nc1. The van der Waals surface area contributed by atoms with Gasteiger partial charge in [0, 0.05) is 25.7 Å². The van der Waals surface area contributed by atoms with E-state index in [9.17, 15) is 14.7 Å². The van der Waals surface area contributed by atoms with E-state index in [1.165, 1.54) is 0 Å². The second kappa shape index (κ2) is 8.79. The Kier molecular flexibility index (Phi) is 6.13. The van der Waals surface area contributed by atoms with Crippen molar-refractivity contribution in [3.05, 3.63) is 18.3 Å². The van der Waals surface area contributed by atoms with Crippen LogP contribution in [0.2, 0.25) is 0 Å². The van der Waals surface area contributed by atoms with Crippen molar-refractivity contribution in [2.24, 2.45) is 5.41 Å². The fourth-order valence-corrected chi connectivity index (χ4v) is 5.20. The average molecular weight is 417 g/mol. The molecule has 3 fully saturated rings. The Morgan fingerprint density at radius 1 is 1.27 bits per heavy atom. The molecule has 164 valence electrons. The molecule has 0 aromatic carbocycles. The Morgan fingerprint density at radius 3 is 2.77 bits per heavy atom. The van der Waals surface area contributed by atoms with Crippen LogP contribution in [0, 0.1) is 5.41 Å². The van der Waals surface area contributed by atoms with Gasteiger partial charge in [0.15, 0.2) is 0 Å². The van der Waals surface area contributed by atoms with Crippen molar-refractivity contribution in [2.45, 2.75) is 64.0 Å². The van der Waals surface area contributed by atoms with Gasteiger partial charge < -0.3 is 19.6 Å². The van der Waals surface area contributed by atoms with Gasteiger partial charge >= 0.3 is 6.09 Å². The van der Waals surface area contributed by atoms with Crippen molar-refractivity contribution in [3.8, 4) is 0 Å². The molecular formula is C22H32N4O4. The van der Waals surface area contributed by atoms with Gasteiger partial charge in [0.2, 0.25) is 5.91 Å². The van der Waals surface area contributed by atoms with Crippen LogP contribution in [0.3, 0.4) is 0 Å². The lowest BCUT2D eigenvalue weighted by molar-refractivity contribution is -0.139. The normalized spacial score (nSPS) is 29.3. The van der Waals surface area contributed by atoms with Crippen LogP contribution < -0.4 is 10.2 Å². The van der Waals surface area contributed by atoms with Gasteiger partial charge in [-0.15, -0.1) is 0 Å². The summed E-state index contributed by atoms with van der Waals surface area (Å²) in [6.07, 6.45) is 7.12. The van der Waals surface area contributed by atoms with E-state index in [4.69, 9.17) is 4.74 Å². The molecule has 8 heteroatoms. The number of aliphatic hydroxyl groups excluding tert-OH is 1. The Hall–Kier alpha value is -2.35. The van der Waals surface area contributed by atoms with Crippen molar-refractivity contribution in [2.75, 3.05) is 36.5 Å². The number of amides is 2. The van der Waals surface area contributed by atoms with E-state index >= 15 is 0 Å². The van der Waals surface area contributed by atoms with E-state index in [2.05, 4.69) is 20.1 Å². The molecule has 1 atom stereocenters. The first kappa shape index (κ1) is 20.9. The number of carbonyl (C=O) groups excluding carboxylic acids is 2. The number of aromatic nitrogens is 1. The third-order valence-corrected chi connectivity index (χ3v) is 6.82. The molecule has 3 aliphatic rings. The van der Waals surface area contributed by atoms with Crippen molar-refractivity contribution in [3.63, 3.8) is 0 Å². The number of anilines is 2. The maximum atomic E-state index is 13.4. The minimum Gasteiger partial charge on any atom is -0.450 e. The number of hydrogen-bond donors (Lipinski definition) is 2. The largest absolute Gasteiger partial charge is 0.450 e. The molecule has 2 aliphatic heterocycles. The highest BCUT2D eigenvalue weighted by Gasteiger charge is 2.50. The maximum Gasteiger partial charge on any atom is 0.411 e. The number of piperidine rings is 1. The Morgan fingerprint density at radius 2 is 2.07 bits per heavy atom. The molecule has 1 aliphatic carbocycles. The molecule has 0 unspecified atom stereocenters. The maximum absolute atomic E-state index is 13.4. The minimum absolute atomic E-state index is 0.203. The van der Waals surface area contributed by atoms with Crippen LogP contribution in [0.15, 0.2) is 18.3 Å². The summed E-state index contributed by atoms with van der Waals surface area (Å²) in [5.41, 5.74) is 0.268. The number of nitrogens with zero attached hydrogens (tertiary/aromatic N) is 3. The molecular weight excluding hydrogens is 384 g/mol. The Labute approximate surface area is 177 Å². The number of nitrogens with one attached hydrogen (secondary N) is 1. The van der Waals surface area contributed by atoms with Crippen LogP contribution in [-0.4, -0.2) is 65.4 Å². The van der Waals surface area contributed by atoms with Crippen LogP contribution >= 0.6 is 0 Å². The second-order valence-corrected chi connectivity index (χ2v) is 8.77. The Bertz CT molecular complexity index is 763. The first-order valence-electron chi connectivity index (χ1n) is 11.1.